The Bertz CT molecular complexity index is 527. The summed E-state index contributed by atoms with van der Waals surface area (Å²) in [5.41, 5.74) is 0.754. The third-order valence-corrected chi connectivity index (χ3v) is 4.31. The van der Waals surface area contributed by atoms with E-state index in [9.17, 15) is 9.59 Å². The molecule has 0 unspecified atom stereocenters. The number of anilines is 1. The Kier molecular flexibility index (Phi) is 4.65. The van der Waals surface area contributed by atoms with Gasteiger partial charge in [-0.1, -0.05) is 12.8 Å². The molecule has 2 N–H and O–H groups in total. The largest absolute Gasteiger partial charge is 0.478 e. The minimum atomic E-state index is -0.994. The molecule has 0 aromatic heterocycles. The van der Waals surface area contributed by atoms with E-state index in [4.69, 9.17) is 5.11 Å². The van der Waals surface area contributed by atoms with Gasteiger partial charge in [0.15, 0.2) is 0 Å². The molecule has 1 aromatic carbocycles. The lowest BCUT2D eigenvalue weighted by atomic mass is 10.2. The van der Waals surface area contributed by atoms with E-state index in [-0.39, 0.29) is 11.6 Å². The number of rotatable bonds is 3. The molecule has 6 heteroatoms. The Balaban J connectivity index is 2.05. The van der Waals surface area contributed by atoms with Crippen LogP contribution in [0.4, 0.5) is 10.5 Å². The summed E-state index contributed by atoms with van der Waals surface area (Å²) < 4.78 is 0.561. The van der Waals surface area contributed by atoms with Crippen molar-refractivity contribution < 1.29 is 14.7 Å². The molecule has 1 aromatic rings. The highest BCUT2D eigenvalue weighted by Crippen LogP contribution is 2.26. The van der Waals surface area contributed by atoms with Gasteiger partial charge in [-0.3, -0.25) is 0 Å². The maximum atomic E-state index is 12.1. The van der Waals surface area contributed by atoms with Gasteiger partial charge in [0.25, 0.3) is 0 Å². The van der Waals surface area contributed by atoms with E-state index in [2.05, 4.69) is 21.2 Å². The second-order valence-corrected chi connectivity index (χ2v) is 5.83. The zero-order chi connectivity index (χ0) is 14.7. The van der Waals surface area contributed by atoms with Crippen LogP contribution in [0.2, 0.25) is 0 Å². The number of nitrogens with zero attached hydrogens (tertiary/aromatic N) is 1. The Morgan fingerprint density at radius 1 is 1.35 bits per heavy atom. The number of carbonyl (C=O) groups excluding carboxylic acids is 1. The normalized spacial score (nSPS) is 15.1. The van der Waals surface area contributed by atoms with E-state index in [1.54, 1.807) is 18.0 Å². The fraction of sp³-hybridized carbons (Fsp3) is 0.429. The van der Waals surface area contributed by atoms with Crippen LogP contribution in [0.1, 0.15) is 36.0 Å². The summed E-state index contributed by atoms with van der Waals surface area (Å²) in [5, 5.41) is 11.7. The molecule has 0 radical (unpaired) electrons. The first kappa shape index (κ1) is 14.8. The number of carboxylic acid groups (broad SMARTS) is 1. The molecule has 0 bridgehead atoms. The Labute approximate surface area is 126 Å². The van der Waals surface area contributed by atoms with Crippen molar-refractivity contribution in [2.45, 2.75) is 31.7 Å². The van der Waals surface area contributed by atoms with Gasteiger partial charge in [-0.2, -0.15) is 0 Å². The number of carbonyl (C=O) groups is 2. The summed E-state index contributed by atoms with van der Waals surface area (Å²) in [5.74, 6) is -0.994. The highest BCUT2D eigenvalue weighted by molar-refractivity contribution is 9.10. The van der Waals surface area contributed by atoms with E-state index in [1.807, 2.05) is 0 Å². The molecule has 5 nitrogen and oxygen atoms in total. The second kappa shape index (κ2) is 6.26. The number of benzene rings is 1. The summed E-state index contributed by atoms with van der Waals surface area (Å²) >= 11 is 3.28. The number of amides is 2. The van der Waals surface area contributed by atoms with Crippen LogP contribution in [-0.2, 0) is 0 Å². The zero-order valence-corrected chi connectivity index (χ0v) is 12.8. The van der Waals surface area contributed by atoms with Gasteiger partial charge in [-0.15, -0.1) is 0 Å². The van der Waals surface area contributed by atoms with Crippen molar-refractivity contribution in [2.24, 2.45) is 0 Å². The first-order chi connectivity index (χ1) is 9.49. The maximum absolute atomic E-state index is 12.1. The molecule has 0 saturated heterocycles. The van der Waals surface area contributed by atoms with Crippen molar-refractivity contribution in [2.75, 3.05) is 12.4 Å². The van der Waals surface area contributed by atoms with Crippen LogP contribution in [-0.4, -0.2) is 35.1 Å². The standard InChI is InChI=1S/C14H17BrN2O3/c1-17(10-4-2-3-5-10)14(20)16-12-7-6-9(13(18)19)8-11(12)15/h6-8,10H,2-5H2,1H3,(H,16,20)(H,18,19). The molecule has 2 amide bonds. The predicted octanol–water partition coefficient (Wildman–Crippen LogP) is 3.55. The van der Waals surface area contributed by atoms with Crippen LogP contribution in [0.3, 0.4) is 0 Å². The Morgan fingerprint density at radius 2 is 2.00 bits per heavy atom. The summed E-state index contributed by atoms with van der Waals surface area (Å²) in [6, 6.07) is 4.67. The third kappa shape index (κ3) is 3.30. The fourth-order valence-corrected chi connectivity index (χ4v) is 2.89. The average Bonchev–Trinajstić information content (AvgIpc) is 2.93. The number of nitrogens with one attached hydrogen (secondary N) is 1. The number of carboxylic acids is 1. The number of hydrogen-bond donors (Lipinski definition) is 2. The summed E-state index contributed by atoms with van der Waals surface area (Å²) in [7, 11) is 1.80. The van der Waals surface area contributed by atoms with Gasteiger partial charge in [0.1, 0.15) is 0 Å². The van der Waals surface area contributed by atoms with Gasteiger partial charge >= 0.3 is 12.0 Å². The van der Waals surface area contributed by atoms with Gasteiger partial charge in [0.05, 0.1) is 11.3 Å². The SMILES string of the molecule is CN(C(=O)Nc1ccc(C(=O)O)cc1Br)C1CCCC1. The van der Waals surface area contributed by atoms with Gasteiger partial charge in [-0.25, -0.2) is 9.59 Å². The first-order valence-electron chi connectivity index (χ1n) is 6.55. The summed E-state index contributed by atoms with van der Waals surface area (Å²) in [6.45, 7) is 0. The van der Waals surface area contributed by atoms with Gasteiger partial charge in [-0.05, 0) is 47.0 Å². The molecule has 108 valence electrons. The van der Waals surface area contributed by atoms with Crippen LogP contribution < -0.4 is 5.32 Å². The van der Waals surface area contributed by atoms with E-state index in [0.29, 0.717) is 16.2 Å². The van der Waals surface area contributed by atoms with Crippen molar-refractivity contribution in [1.82, 2.24) is 4.90 Å². The van der Waals surface area contributed by atoms with Gasteiger partial charge in [0, 0.05) is 17.6 Å². The first-order valence-corrected chi connectivity index (χ1v) is 7.35. The molecule has 20 heavy (non-hydrogen) atoms. The van der Waals surface area contributed by atoms with Crippen LogP contribution in [0.25, 0.3) is 0 Å². The number of hydrogen-bond acceptors (Lipinski definition) is 2. The number of aromatic carboxylic acids is 1. The van der Waals surface area contributed by atoms with Crippen molar-refractivity contribution in [3.63, 3.8) is 0 Å². The highest BCUT2D eigenvalue weighted by Gasteiger charge is 2.23. The second-order valence-electron chi connectivity index (χ2n) is 4.98. The highest BCUT2D eigenvalue weighted by atomic mass is 79.9. The van der Waals surface area contributed by atoms with E-state index < -0.39 is 5.97 Å². The molecule has 0 spiro atoms. The lowest BCUT2D eigenvalue weighted by molar-refractivity contribution is 0.0697. The zero-order valence-electron chi connectivity index (χ0n) is 11.2. The van der Waals surface area contributed by atoms with Crippen LogP contribution in [0.15, 0.2) is 22.7 Å². The maximum Gasteiger partial charge on any atom is 0.335 e. The van der Waals surface area contributed by atoms with E-state index in [0.717, 1.165) is 12.8 Å². The lowest BCUT2D eigenvalue weighted by Gasteiger charge is -2.24. The quantitative estimate of drug-likeness (QED) is 0.883. The van der Waals surface area contributed by atoms with Crippen LogP contribution in [0, 0.1) is 0 Å². The lowest BCUT2D eigenvalue weighted by Crippen LogP contribution is -2.38. The van der Waals surface area contributed by atoms with Crippen molar-refractivity contribution in [1.29, 1.82) is 0 Å². The van der Waals surface area contributed by atoms with Crippen LogP contribution >= 0.6 is 15.9 Å². The molecule has 0 heterocycles. The molecule has 1 saturated carbocycles. The van der Waals surface area contributed by atoms with Gasteiger partial charge < -0.3 is 15.3 Å². The molecule has 1 aliphatic rings. The smallest absolute Gasteiger partial charge is 0.335 e. The molecule has 0 aliphatic heterocycles. The Hall–Kier alpha value is -1.56. The van der Waals surface area contributed by atoms with E-state index in [1.165, 1.54) is 25.0 Å². The van der Waals surface area contributed by atoms with Crippen LogP contribution in [0.5, 0.6) is 0 Å². The Morgan fingerprint density at radius 3 is 2.55 bits per heavy atom. The minimum absolute atomic E-state index is 0.166. The molecule has 1 aliphatic carbocycles. The minimum Gasteiger partial charge on any atom is -0.478 e. The molecule has 0 atom stereocenters. The number of urea groups is 1. The fourth-order valence-electron chi connectivity index (χ4n) is 2.41. The third-order valence-electron chi connectivity index (χ3n) is 3.65. The predicted molar refractivity (Wildman–Crippen MR) is 80.1 cm³/mol. The molecule has 2 rings (SSSR count). The monoisotopic (exact) mass is 340 g/mol. The van der Waals surface area contributed by atoms with Gasteiger partial charge in [0.2, 0.25) is 0 Å². The van der Waals surface area contributed by atoms with Crippen molar-refractivity contribution in [3.05, 3.63) is 28.2 Å². The van der Waals surface area contributed by atoms with Crippen molar-refractivity contribution >= 4 is 33.6 Å². The summed E-state index contributed by atoms with van der Waals surface area (Å²) in [6.07, 6.45) is 4.42. The molecular weight excluding hydrogens is 324 g/mol. The summed E-state index contributed by atoms with van der Waals surface area (Å²) in [4.78, 5) is 24.7. The average molecular weight is 341 g/mol. The molecular formula is C14H17BrN2O3. The number of halogens is 1. The molecule has 1 fully saturated rings. The van der Waals surface area contributed by atoms with E-state index >= 15 is 0 Å². The topological polar surface area (TPSA) is 69.6 Å². The van der Waals surface area contributed by atoms with Crippen molar-refractivity contribution in [3.8, 4) is 0 Å².